The number of carbonyl (C=O) groups is 1. The topological polar surface area (TPSA) is 98.9 Å². The summed E-state index contributed by atoms with van der Waals surface area (Å²) in [5, 5.41) is 0.587. The summed E-state index contributed by atoms with van der Waals surface area (Å²) in [6.45, 7) is 0.694. The monoisotopic (exact) mass is 452 g/mol. The van der Waals surface area contributed by atoms with E-state index in [-0.39, 0.29) is 24.5 Å². The molecule has 2 N–H and O–H groups in total. The molecule has 2 aromatic rings. The Hall–Kier alpha value is -2.29. The third-order valence-corrected chi connectivity index (χ3v) is 7.34. The molecule has 1 aliphatic rings. The van der Waals surface area contributed by atoms with E-state index in [0.717, 1.165) is 0 Å². The Morgan fingerprint density at radius 3 is 2.37 bits per heavy atom. The SMILES string of the molecule is COc1ccc(S(=O)(=O)N2CCCC(COc3ccc(Cl)cc3)(CC(N)=O)C2)cc1. The molecule has 0 bridgehead atoms. The van der Waals surface area contributed by atoms with Gasteiger partial charge in [-0.2, -0.15) is 4.31 Å². The van der Waals surface area contributed by atoms with E-state index >= 15 is 0 Å². The van der Waals surface area contributed by atoms with Gasteiger partial charge in [0.15, 0.2) is 0 Å². The number of benzene rings is 2. The highest BCUT2D eigenvalue weighted by atomic mass is 35.5. The van der Waals surface area contributed by atoms with Crippen molar-refractivity contribution in [2.24, 2.45) is 11.1 Å². The van der Waals surface area contributed by atoms with Crippen molar-refractivity contribution in [1.82, 2.24) is 4.31 Å². The van der Waals surface area contributed by atoms with Gasteiger partial charge in [-0.25, -0.2) is 8.42 Å². The Labute approximate surface area is 181 Å². The number of sulfonamides is 1. The van der Waals surface area contributed by atoms with E-state index in [0.29, 0.717) is 35.9 Å². The van der Waals surface area contributed by atoms with Gasteiger partial charge in [0.25, 0.3) is 0 Å². The minimum absolute atomic E-state index is 0.0369. The Balaban J connectivity index is 1.81. The molecule has 0 radical (unpaired) electrons. The van der Waals surface area contributed by atoms with Gasteiger partial charge in [-0.05, 0) is 61.4 Å². The summed E-state index contributed by atoms with van der Waals surface area (Å²) >= 11 is 5.91. The molecule has 1 atom stereocenters. The van der Waals surface area contributed by atoms with Gasteiger partial charge < -0.3 is 15.2 Å². The van der Waals surface area contributed by atoms with E-state index < -0.39 is 21.3 Å². The molecule has 0 saturated carbocycles. The summed E-state index contributed by atoms with van der Waals surface area (Å²) in [5.74, 6) is 0.684. The number of methoxy groups -OCH3 is 1. The number of rotatable bonds is 8. The first-order valence-electron chi connectivity index (χ1n) is 9.55. The molecular formula is C21H25ClN2O5S. The fourth-order valence-corrected chi connectivity index (χ4v) is 5.43. The summed E-state index contributed by atoms with van der Waals surface area (Å²) in [5.41, 5.74) is 4.80. The van der Waals surface area contributed by atoms with Crippen LogP contribution >= 0.6 is 11.6 Å². The van der Waals surface area contributed by atoms with Crippen LogP contribution in [0.3, 0.4) is 0 Å². The molecule has 1 aliphatic heterocycles. The number of nitrogens with zero attached hydrogens (tertiary/aromatic N) is 1. The quantitative estimate of drug-likeness (QED) is 0.663. The van der Waals surface area contributed by atoms with Crippen molar-refractivity contribution in [2.45, 2.75) is 24.2 Å². The van der Waals surface area contributed by atoms with Crippen LogP contribution in [0.5, 0.6) is 11.5 Å². The van der Waals surface area contributed by atoms with Gasteiger partial charge in [0.1, 0.15) is 11.5 Å². The first-order valence-corrected chi connectivity index (χ1v) is 11.4. The smallest absolute Gasteiger partial charge is 0.243 e. The predicted octanol–water partition coefficient (Wildman–Crippen LogP) is 3.07. The molecule has 1 fully saturated rings. The molecule has 0 aromatic heterocycles. The Kier molecular flexibility index (Phi) is 6.90. The minimum Gasteiger partial charge on any atom is -0.497 e. The van der Waals surface area contributed by atoms with E-state index in [1.807, 2.05) is 0 Å². The normalized spacial score (nSPS) is 19.9. The number of nitrogens with two attached hydrogens (primary N) is 1. The lowest BCUT2D eigenvalue weighted by atomic mass is 9.78. The minimum atomic E-state index is -3.73. The van der Waals surface area contributed by atoms with Crippen molar-refractivity contribution in [3.63, 3.8) is 0 Å². The molecule has 0 spiro atoms. The van der Waals surface area contributed by atoms with Crippen LogP contribution in [0.4, 0.5) is 0 Å². The third kappa shape index (κ3) is 5.24. The van der Waals surface area contributed by atoms with Gasteiger partial charge in [0.05, 0.1) is 18.6 Å². The number of hydrogen-bond donors (Lipinski definition) is 1. The van der Waals surface area contributed by atoms with Crippen LogP contribution < -0.4 is 15.2 Å². The molecule has 3 rings (SSSR count). The highest BCUT2D eigenvalue weighted by Gasteiger charge is 2.42. The lowest BCUT2D eigenvalue weighted by Gasteiger charge is -2.41. The van der Waals surface area contributed by atoms with E-state index in [9.17, 15) is 13.2 Å². The van der Waals surface area contributed by atoms with Crippen LogP contribution in [-0.4, -0.2) is 45.4 Å². The van der Waals surface area contributed by atoms with Crippen molar-refractivity contribution in [3.05, 3.63) is 53.6 Å². The van der Waals surface area contributed by atoms with Crippen LogP contribution in [0.2, 0.25) is 5.02 Å². The summed E-state index contributed by atoms with van der Waals surface area (Å²) < 4.78 is 38.8. The maximum Gasteiger partial charge on any atom is 0.243 e. The first kappa shape index (κ1) is 22.4. The molecule has 30 heavy (non-hydrogen) atoms. The number of hydrogen-bond acceptors (Lipinski definition) is 5. The fourth-order valence-electron chi connectivity index (χ4n) is 3.71. The van der Waals surface area contributed by atoms with Gasteiger partial charge in [0, 0.05) is 29.9 Å². The second-order valence-corrected chi connectivity index (χ2v) is 9.88. The van der Waals surface area contributed by atoms with Crippen LogP contribution in [0.25, 0.3) is 0 Å². The van der Waals surface area contributed by atoms with Gasteiger partial charge in [-0.1, -0.05) is 11.6 Å². The van der Waals surface area contributed by atoms with Crippen molar-refractivity contribution in [3.8, 4) is 11.5 Å². The molecule has 1 unspecified atom stereocenters. The van der Waals surface area contributed by atoms with Crippen LogP contribution in [0.15, 0.2) is 53.4 Å². The van der Waals surface area contributed by atoms with E-state index in [1.165, 1.54) is 23.5 Å². The Morgan fingerprint density at radius 2 is 1.77 bits per heavy atom. The second-order valence-electron chi connectivity index (χ2n) is 7.50. The highest BCUT2D eigenvalue weighted by Crippen LogP contribution is 2.37. The highest BCUT2D eigenvalue weighted by molar-refractivity contribution is 7.89. The Morgan fingerprint density at radius 1 is 1.13 bits per heavy atom. The standard InChI is InChI=1S/C21H25ClN2O5S/c1-28-17-7-9-19(10-8-17)30(26,27)24-12-2-11-21(14-24,13-20(23)25)15-29-18-5-3-16(22)4-6-18/h3-10H,2,11-15H2,1H3,(H2,23,25). The number of piperidine rings is 1. The van der Waals surface area contributed by atoms with Gasteiger partial charge >= 0.3 is 0 Å². The van der Waals surface area contributed by atoms with E-state index in [2.05, 4.69) is 0 Å². The lowest BCUT2D eigenvalue weighted by molar-refractivity contribution is -0.121. The maximum absolute atomic E-state index is 13.2. The summed E-state index contributed by atoms with van der Waals surface area (Å²) in [6, 6.07) is 13.1. The van der Waals surface area contributed by atoms with Gasteiger partial charge in [0.2, 0.25) is 15.9 Å². The summed E-state index contributed by atoms with van der Waals surface area (Å²) in [7, 11) is -2.21. The van der Waals surface area contributed by atoms with Gasteiger partial charge in [-0.15, -0.1) is 0 Å². The number of ether oxygens (including phenoxy) is 2. The number of amides is 1. The third-order valence-electron chi connectivity index (χ3n) is 5.23. The second kappa shape index (κ2) is 9.24. The van der Waals surface area contributed by atoms with Crippen LogP contribution in [-0.2, 0) is 14.8 Å². The molecule has 162 valence electrons. The maximum atomic E-state index is 13.2. The zero-order chi connectivity index (χ0) is 21.8. The zero-order valence-corrected chi connectivity index (χ0v) is 18.3. The van der Waals surface area contributed by atoms with Gasteiger partial charge in [-0.3, -0.25) is 4.79 Å². The number of halogens is 1. The van der Waals surface area contributed by atoms with Crippen molar-refractivity contribution in [1.29, 1.82) is 0 Å². The van der Waals surface area contributed by atoms with Crippen molar-refractivity contribution in [2.75, 3.05) is 26.8 Å². The largest absolute Gasteiger partial charge is 0.497 e. The zero-order valence-electron chi connectivity index (χ0n) is 16.7. The molecule has 1 heterocycles. The van der Waals surface area contributed by atoms with Crippen LogP contribution in [0, 0.1) is 5.41 Å². The lowest BCUT2D eigenvalue weighted by Crippen LogP contribution is -2.50. The summed E-state index contributed by atoms with van der Waals surface area (Å²) in [4.78, 5) is 12.0. The van der Waals surface area contributed by atoms with Crippen LogP contribution in [0.1, 0.15) is 19.3 Å². The summed E-state index contributed by atoms with van der Waals surface area (Å²) in [6.07, 6.45) is 1.28. The first-order chi connectivity index (χ1) is 14.2. The molecule has 1 amide bonds. The molecule has 2 aromatic carbocycles. The number of primary amides is 1. The molecule has 0 aliphatic carbocycles. The van der Waals surface area contributed by atoms with Crippen molar-refractivity contribution >= 4 is 27.5 Å². The predicted molar refractivity (Wildman–Crippen MR) is 114 cm³/mol. The fraction of sp³-hybridized carbons (Fsp3) is 0.381. The molecule has 1 saturated heterocycles. The average molecular weight is 453 g/mol. The molecular weight excluding hydrogens is 428 g/mol. The van der Waals surface area contributed by atoms with E-state index in [4.69, 9.17) is 26.8 Å². The van der Waals surface area contributed by atoms with Crippen molar-refractivity contribution < 1.29 is 22.7 Å². The Bertz CT molecular complexity index is 979. The van der Waals surface area contributed by atoms with E-state index in [1.54, 1.807) is 36.4 Å². The molecule has 9 heteroatoms. The molecule has 7 nitrogen and oxygen atoms in total. The number of carbonyl (C=O) groups excluding carboxylic acids is 1. The average Bonchev–Trinajstić information content (AvgIpc) is 2.73.